The molecule has 1 aromatic rings. The van der Waals surface area contributed by atoms with E-state index in [1.807, 2.05) is 45.0 Å². The average Bonchev–Trinajstić information content (AvgIpc) is 2.36. The van der Waals surface area contributed by atoms with Crippen molar-refractivity contribution >= 4 is 11.6 Å². The molecule has 4 nitrogen and oxygen atoms in total. The smallest absolute Gasteiger partial charge is 0.227 e. The average molecular weight is 250 g/mol. The molecule has 0 aromatic heterocycles. The van der Waals surface area contributed by atoms with Crippen LogP contribution in [0.25, 0.3) is 0 Å². The van der Waals surface area contributed by atoms with Crippen LogP contribution in [0.5, 0.6) is 5.75 Å². The van der Waals surface area contributed by atoms with Crippen molar-refractivity contribution < 1.29 is 9.53 Å². The summed E-state index contributed by atoms with van der Waals surface area (Å²) in [5.41, 5.74) is 6.10. The van der Waals surface area contributed by atoms with E-state index in [-0.39, 0.29) is 11.8 Å². The summed E-state index contributed by atoms with van der Waals surface area (Å²) in [7, 11) is 0. The standard InChI is InChI=1S/C14H22N2O2/c1-10(2)11(3)14(17)16-12-6-4-5-7-13(12)18-9-8-15/h4-7,10-11H,8-9,15H2,1-3H3,(H,16,17). The number of carbonyl (C=O) groups is 1. The molecule has 0 aliphatic carbocycles. The first-order valence-corrected chi connectivity index (χ1v) is 6.29. The zero-order valence-corrected chi connectivity index (χ0v) is 11.3. The van der Waals surface area contributed by atoms with E-state index in [0.29, 0.717) is 30.5 Å². The molecule has 0 radical (unpaired) electrons. The van der Waals surface area contributed by atoms with Crippen LogP contribution in [-0.4, -0.2) is 19.1 Å². The second kappa shape index (κ2) is 7.01. The van der Waals surface area contributed by atoms with Gasteiger partial charge in [-0.2, -0.15) is 0 Å². The fourth-order valence-electron chi connectivity index (χ4n) is 1.41. The van der Waals surface area contributed by atoms with Crippen LogP contribution in [0.1, 0.15) is 20.8 Å². The van der Waals surface area contributed by atoms with E-state index >= 15 is 0 Å². The number of amides is 1. The van der Waals surface area contributed by atoms with Gasteiger partial charge >= 0.3 is 0 Å². The topological polar surface area (TPSA) is 64.3 Å². The lowest BCUT2D eigenvalue weighted by atomic mass is 9.97. The number of hydrogen-bond donors (Lipinski definition) is 2. The molecule has 1 unspecified atom stereocenters. The number of anilines is 1. The molecule has 0 fully saturated rings. The van der Waals surface area contributed by atoms with Crippen molar-refractivity contribution in [2.24, 2.45) is 17.6 Å². The Bertz CT molecular complexity index is 391. The van der Waals surface area contributed by atoms with Gasteiger partial charge < -0.3 is 15.8 Å². The van der Waals surface area contributed by atoms with Gasteiger partial charge in [-0.3, -0.25) is 4.79 Å². The molecule has 0 heterocycles. The molecule has 3 N–H and O–H groups in total. The van der Waals surface area contributed by atoms with Gasteiger partial charge in [-0.25, -0.2) is 0 Å². The van der Waals surface area contributed by atoms with E-state index < -0.39 is 0 Å². The Balaban J connectivity index is 2.74. The maximum absolute atomic E-state index is 12.0. The SMILES string of the molecule is CC(C)C(C)C(=O)Nc1ccccc1OCCN. The van der Waals surface area contributed by atoms with Crippen LogP contribution in [0.15, 0.2) is 24.3 Å². The first-order valence-electron chi connectivity index (χ1n) is 6.29. The number of ether oxygens (including phenoxy) is 1. The molecule has 0 spiro atoms. The van der Waals surface area contributed by atoms with E-state index in [0.717, 1.165) is 0 Å². The Kier molecular flexibility index (Phi) is 5.65. The lowest BCUT2D eigenvalue weighted by molar-refractivity contribution is -0.120. The van der Waals surface area contributed by atoms with Crippen molar-refractivity contribution in [1.82, 2.24) is 0 Å². The van der Waals surface area contributed by atoms with Gasteiger partial charge in [-0.1, -0.05) is 32.9 Å². The molecule has 18 heavy (non-hydrogen) atoms. The molecule has 0 aliphatic rings. The summed E-state index contributed by atoms with van der Waals surface area (Å²) >= 11 is 0. The number of carbonyl (C=O) groups excluding carboxylic acids is 1. The molecule has 1 aromatic carbocycles. The lowest BCUT2D eigenvalue weighted by Crippen LogP contribution is -2.24. The Morgan fingerprint density at radius 2 is 2.00 bits per heavy atom. The van der Waals surface area contributed by atoms with Crippen molar-refractivity contribution in [2.45, 2.75) is 20.8 Å². The molecule has 0 saturated carbocycles. The van der Waals surface area contributed by atoms with Crippen LogP contribution in [0.2, 0.25) is 0 Å². The zero-order valence-electron chi connectivity index (χ0n) is 11.3. The maximum Gasteiger partial charge on any atom is 0.227 e. The second-order valence-electron chi connectivity index (χ2n) is 4.66. The first kappa shape index (κ1) is 14.5. The highest BCUT2D eigenvalue weighted by Crippen LogP contribution is 2.24. The van der Waals surface area contributed by atoms with E-state index in [2.05, 4.69) is 5.32 Å². The van der Waals surface area contributed by atoms with E-state index in [1.54, 1.807) is 0 Å². The van der Waals surface area contributed by atoms with Gasteiger partial charge in [0, 0.05) is 12.5 Å². The fourth-order valence-corrected chi connectivity index (χ4v) is 1.41. The summed E-state index contributed by atoms with van der Waals surface area (Å²) in [4.78, 5) is 12.0. The van der Waals surface area contributed by atoms with Crippen molar-refractivity contribution in [1.29, 1.82) is 0 Å². The van der Waals surface area contributed by atoms with Crippen molar-refractivity contribution in [2.75, 3.05) is 18.5 Å². The third kappa shape index (κ3) is 4.04. The van der Waals surface area contributed by atoms with Gasteiger partial charge in [-0.05, 0) is 18.1 Å². The largest absolute Gasteiger partial charge is 0.490 e. The van der Waals surface area contributed by atoms with Crippen LogP contribution in [0.3, 0.4) is 0 Å². The number of para-hydroxylation sites is 2. The van der Waals surface area contributed by atoms with Crippen LogP contribution < -0.4 is 15.8 Å². The normalized spacial score (nSPS) is 12.3. The molecule has 1 amide bonds. The predicted octanol–water partition coefficient (Wildman–Crippen LogP) is 2.25. The van der Waals surface area contributed by atoms with Crippen molar-refractivity contribution in [3.63, 3.8) is 0 Å². The maximum atomic E-state index is 12.0. The Hall–Kier alpha value is -1.55. The minimum atomic E-state index is -0.0347. The molecular formula is C14H22N2O2. The van der Waals surface area contributed by atoms with Crippen LogP contribution in [-0.2, 0) is 4.79 Å². The fraction of sp³-hybridized carbons (Fsp3) is 0.500. The molecule has 0 aliphatic heterocycles. The summed E-state index contributed by atoms with van der Waals surface area (Å²) in [6.07, 6.45) is 0. The quantitative estimate of drug-likeness (QED) is 0.814. The highest BCUT2D eigenvalue weighted by atomic mass is 16.5. The van der Waals surface area contributed by atoms with Gasteiger partial charge in [0.25, 0.3) is 0 Å². The Morgan fingerprint density at radius 1 is 1.33 bits per heavy atom. The predicted molar refractivity (Wildman–Crippen MR) is 73.6 cm³/mol. The Labute approximate surface area is 109 Å². The minimum Gasteiger partial charge on any atom is -0.490 e. The summed E-state index contributed by atoms with van der Waals surface area (Å²) in [6.45, 7) is 6.86. The highest BCUT2D eigenvalue weighted by molar-refractivity contribution is 5.93. The van der Waals surface area contributed by atoms with Crippen LogP contribution >= 0.6 is 0 Å². The number of nitrogens with two attached hydrogens (primary N) is 1. The van der Waals surface area contributed by atoms with Gasteiger partial charge in [0.05, 0.1) is 5.69 Å². The summed E-state index contributed by atoms with van der Waals surface area (Å²) in [6, 6.07) is 7.39. The third-order valence-electron chi connectivity index (χ3n) is 2.93. The van der Waals surface area contributed by atoms with Gasteiger partial charge in [-0.15, -0.1) is 0 Å². The molecule has 100 valence electrons. The van der Waals surface area contributed by atoms with Crippen LogP contribution in [0.4, 0.5) is 5.69 Å². The number of rotatable bonds is 6. The van der Waals surface area contributed by atoms with Crippen molar-refractivity contribution in [3.05, 3.63) is 24.3 Å². The van der Waals surface area contributed by atoms with Gasteiger partial charge in [0.15, 0.2) is 0 Å². The highest BCUT2D eigenvalue weighted by Gasteiger charge is 2.17. The zero-order chi connectivity index (χ0) is 13.5. The summed E-state index contributed by atoms with van der Waals surface area (Å²) < 4.78 is 5.49. The van der Waals surface area contributed by atoms with Gasteiger partial charge in [0.2, 0.25) is 5.91 Å². The molecule has 0 saturated heterocycles. The Morgan fingerprint density at radius 3 is 2.61 bits per heavy atom. The molecule has 1 atom stereocenters. The monoisotopic (exact) mass is 250 g/mol. The number of benzene rings is 1. The van der Waals surface area contributed by atoms with E-state index in [9.17, 15) is 4.79 Å². The second-order valence-corrected chi connectivity index (χ2v) is 4.66. The van der Waals surface area contributed by atoms with Crippen LogP contribution in [0, 0.1) is 11.8 Å². The van der Waals surface area contributed by atoms with E-state index in [1.165, 1.54) is 0 Å². The number of hydrogen-bond acceptors (Lipinski definition) is 3. The third-order valence-corrected chi connectivity index (χ3v) is 2.93. The van der Waals surface area contributed by atoms with E-state index in [4.69, 9.17) is 10.5 Å². The molecular weight excluding hydrogens is 228 g/mol. The molecule has 4 heteroatoms. The van der Waals surface area contributed by atoms with Crippen molar-refractivity contribution in [3.8, 4) is 5.75 Å². The lowest BCUT2D eigenvalue weighted by Gasteiger charge is -2.17. The van der Waals surface area contributed by atoms with Gasteiger partial charge in [0.1, 0.15) is 12.4 Å². The molecule has 1 rings (SSSR count). The summed E-state index contributed by atoms with van der Waals surface area (Å²) in [5.74, 6) is 0.941. The minimum absolute atomic E-state index is 0.00815. The number of nitrogens with one attached hydrogen (secondary N) is 1. The first-order chi connectivity index (χ1) is 8.56. The summed E-state index contributed by atoms with van der Waals surface area (Å²) in [5, 5.41) is 2.90. The molecule has 0 bridgehead atoms.